The maximum atomic E-state index is 7.17. The van der Waals surface area contributed by atoms with Crippen molar-refractivity contribution in [1.82, 2.24) is 0 Å². The molecule has 0 amide bonds. The van der Waals surface area contributed by atoms with Gasteiger partial charge < -0.3 is 15.1 Å². The Kier molecular flexibility index (Phi) is 10.5. The van der Waals surface area contributed by atoms with Crippen LogP contribution < -0.4 is 0 Å². The molecule has 3 nitrogen and oxygen atoms in total. The van der Waals surface area contributed by atoms with Gasteiger partial charge in [0.25, 0.3) is 0 Å². The van der Waals surface area contributed by atoms with Crippen molar-refractivity contribution in [2.75, 3.05) is 0 Å². The lowest BCUT2D eigenvalue weighted by Crippen LogP contribution is -2.07. The van der Waals surface area contributed by atoms with Gasteiger partial charge in [-0.05, 0) is 0 Å². The normalized spacial score (nSPS) is 7.88. The molecule has 0 aliphatic heterocycles. The summed E-state index contributed by atoms with van der Waals surface area (Å²) in [6.07, 6.45) is 0. The molecule has 0 aliphatic rings. The van der Waals surface area contributed by atoms with Gasteiger partial charge in [0.1, 0.15) is 8.11 Å². The number of hydrogen-bond acceptors (Lipinski definition) is 3. The van der Waals surface area contributed by atoms with E-state index < -0.39 is 15.4 Å². The molecule has 0 saturated carbocycles. The molecular formula is C2H10BClO3Si. The van der Waals surface area contributed by atoms with Gasteiger partial charge >= 0.3 is 7.32 Å². The van der Waals surface area contributed by atoms with E-state index in [-0.39, 0.29) is 0 Å². The minimum Gasteiger partial charge on any atom is -0.402 e. The molecule has 0 saturated heterocycles. The maximum absolute atomic E-state index is 7.17. The Morgan fingerprint density at radius 2 is 1.25 bits per heavy atom. The Morgan fingerprint density at radius 1 is 1.25 bits per heavy atom. The predicted octanol–water partition coefficient (Wildman–Crippen LogP) is -0.843. The van der Waals surface area contributed by atoms with Crippen molar-refractivity contribution in [2.45, 2.75) is 13.1 Å². The third kappa shape index (κ3) is 939. The molecule has 0 rings (SSSR count). The Bertz CT molecular complexity index is 32.8. The highest BCUT2D eigenvalue weighted by Gasteiger charge is 1.92. The summed E-state index contributed by atoms with van der Waals surface area (Å²) in [6, 6.07) is 0. The van der Waals surface area contributed by atoms with Crippen molar-refractivity contribution in [3.05, 3.63) is 0 Å². The second-order valence-electron chi connectivity index (χ2n) is 1.36. The summed E-state index contributed by atoms with van der Waals surface area (Å²) in [4.78, 5) is 0. The van der Waals surface area contributed by atoms with E-state index in [1.165, 1.54) is 0 Å². The van der Waals surface area contributed by atoms with Gasteiger partial charge in [-0.15, -0.1) is 0 Å². The van der Waals surface area contributed by atoms with Gasteiger partial charge in [0.05, 0.1) is 0 Å². The molecule has 0 heterocycles. The van der Waals surface area contributed by atoms with E-state index in [4.69, 9.17) is 26.2 Å². The fraction of sp³-hybridized carbons (Fsp3) is 1.00. The molecule has 0 spiro atoms. The van der Waals surface area contributed by atoms with Crippen molar-refractivity contribution < 1.29 is 15.1 Å². The second kappa shape index (κ2) is 7.45. The van der Waals surface area contributed by atoms with Gasteiger partial charge in [-0.3, -0.25) is 0 Å². The average Bonchev–Trinajstić information content (AvgIpc) is 1.25. The average molecular weight is 156 g/mol. The quantitative estimate of drug-likeness (QED) is 0.317. The molecule has 8 heavy (non-hydrogen) atoms. The molecule has 50 valence electrons. The zero-order chi connectivity index (χ0) is 7.15. The van der Waals surface area contributed by atoms with Crippen LogP contribution in [0.4, 0.5) is 0 Å². The molecular weight excluding hydrogens is 146 g/mol. The van der Waals surface area contributed by atoms with Gasteiger partial charge in [0.15, 0.2) is 0 Å². The molecule has 0 aromatic carbocycles. The van der Waals surface area contributed by atoms with Gasteiger partial charge in [-0.2, -0.15) is 11.1 Å². The largest absolute Gasteiger partial charge is 0.631 e. The standard InChI is InChI=1S/C2H7ClSi.BH3O3/c1-4(2)3;2-1(3)4/h4H,1-2H3;2-4H. The van der Waals surface area contributed by atoms with Crippen molar-refractivity contribution in [3.8, 4) is 0 Å². The molecule has 6 heteroatoms. The molecule has 0 bridgehead atoms. The Balaban J connectivity index is 0. The van der Waals surface area contributed by atoms with Crippen molar-refractivity contribution in [3.63, 3.8) is 0 Å². The van der Waals surface area contributed by atoms with E-state index in [0.29, 0.717) is 0 Å². The van der Waals surface area contributed by atoms with Crippen molar-refractivity contribution >= 4 is 26.5 Å². The van der Waals surface area contributed by atoms with E-state index in [9.17, 15) is 0 Å². The fourth-order valence-electron chi connectivity index (χ4n) is 0. The summed E-state index contributed by atoms with van der Waals surface area (Å²) < 4.78 is 0. The maximum Gasteiger partial charge on any atom is 0.631 e. The summed E-state index contributed by atoms with van der Waals surface area (Å²) in [7, 11) is -2.83. The van der Waals surface area contributed by atoms with E-state index in [0.717, 1.165) is 0 Å². The zero-order valence-corrected chi connectivity index (χ0v) is 6.78. The molecule has 3 N–H and O–H groups in total. The third-order valence-electron chi connectivity index (χ3n) is 0. The lowest BCUT2D eigenvalue weighted by molar-refractivity contribution is 0.278. The Hall–Kier alpha value is 0.452. The predicted molar refractivity (Wildman–Crippen MR) is 37.1 cm³/mol. The molecule has 0 radical (unpaired) electrons. The van der Waals surface area contributed by atoms with Crippen LogP contribution in [-0.2, 0) is 0 Å². The molecule has 0 aliphatic carbocycles. The van der Waals surface area contributed by atoms with Crippen molar-refractivity contribution in [2.24, 2.45) is 0 Å². The lowest BCUT2D eigenvalue weighted by Gasteiger charge is -1.72. The van der Waals surface area contributed by atoms with Crippen molar-refractivity contribution in [1.29, 1.82) is 0 Å². The SMILES string of the molecule is C[SiH](C)Cl.OB(O)O. The summed E-state index contributed by atoms with van der Waals surface area (Å²) in [5.74, 6) is 0. The van der Waals surface area contributed by atoms with Crippen LogP contribution >= 0.6 is 11.1 Å². The van der Waals surface area contributed by atoms with Crippen LogP contribution in [0.3, 0.4) is 0 Å². The molecule has 0 unspecified atom stereocenters. The Morgan fingerprint density at radius 3 is 1.25 bits per heavy atom. The fourth-order valence-corrected chi connectivity index (χ4v) is 0. The van der Waals surface area contributed by atoms with Gasteiger partial charge in [-0.25, -0.2) is 0 Å². The summed E-state index contributed by atoms with van der Waals surface area (Å²) in [5, 5.41) is 21.5. The van der Waals surface area contributed by atoms with Gasteiger partial charge in [-0.1, -0.05) is 13.1 Å². The first-order valence-corrected chi connectivity index (χ1v) is 6.20. The topological polar surface area (TPSA) is 60.7 Å². The van der Waals surface area contributed by atoms with Gasteiger partial charge in [0.2, 0.25) is 0 Å². The molecule has 0 atom stereocenters. The second-order valence-corrected chi connectivity index (χ2v) is 6.01. The van der Waals surface area contributed by atoms with Crippen LogP contribution in [0.5, 0.6) is 0 Å². The summed E-state index contributed by atoms with van der Waals surface area (Å²) in [5.41, 5.74) is 0. The third-order valence-corrected chi connectivity index (χ3v) is 0. The van der Waals surface area contributed by atoms with Crippen LogP contribution in [-0.4, -0.2) is 30.5 Å². The highest BCUT2D eigenvalue weighted by atomic mass is 35.6. The van der Waals surface area contributed by atoms with Crippen LogP contribution in [0.2, 0.25) is 13.1 Å². The smallest absolute Gasteiger partial charge is 0.402 e. The first kappa shape index (κ1) is 11.3. The number of hydrogen-bond donors (Lipinski definition) is 3. The number of halogens is 1. The first-order valence-electron chi connectivity index (χ1n) is 2.15. The zero-order valence-electron chi connectivity index (χ0n) is 4.87. The Labute approximate surface area is 55.4 Å². The molecule has 0 fully saturated rings. The van der Waals surface area contributed by atoms with E-state index in [1.807, 2.05) is 0 Å². The van der Waals surface area contributed by atoms with E-state index in [1.54, 1.807) is 0 Å². The minimum absolute atomic E-state index is 0.667. The molecule has 0 aromatic heterocycles. The number of rotatable bonds is 0. The van der Waals surface area contributed by atoms with E-state index in [2.05, 4.69) is 13.1 Å². The molecule has 0 aromatic rings. The minimum atomic E-state index is -2.17. The first-order chi connectivity index (χ1) is 3.46. The van der Waals surface area contributed by atoms with Gasteiger partial charge in [0, 0.05) is 0 Å². The van der Waals surface area contributed by atoms with Crippen LogP contribution in [0.25, 0.3) is 0 Å². The lowest BCUT2D eigenvalue weighted by atomic mass is 10.3. The van der Waals surface area contributed by atoms with Crippen LogP contribution in [0.1, 0.15) is 0 Å². The highest BCUT2D eigenvalue weighted by Crippen LogP contribution is 1.79. The van der Waals surface area contributed by atoms with Crippen LogP contribution in [0, 0.1) is 0 Å². The monoisotopic (exact) mass is 156 g/mol. The highest BCUT2D eigenvalue weighted by molar-refractivity contribution is 7.05. The van der Waals surface area contributed by atoms with Crippen LogP contribution in [0.15, 0.2) is 0 Å². The summed E-state index contributed by atoms with van der Waals surface area (Å²) in [6.45, 7) is 4.14. The van der Waals surface area contributed by atoms with E-state index >= 15 is 0 Å². The summed E-state index contributed by atoms with van der Waals surface area (Å²) >= 11 is 5.41.